The number of piperidine rings is 1. The number of aromatic amines is 1. The van der Waals surface area contributed by atoms with Gasteiger partial charge in [0.25, 0.3) is 5.91 Å². The summed E-state index contributed by atoms with van der Waals surface area (Å²) in [6, 6.07) is 14.3. The van der Waals surface area contributed by atoms with Crippen LogP contribution < -0.4 is 5.32 Å². The van der Waals surface area contributed by atoms with Gasteiger partial charge in [-0.25, -0.2) is 9.37 Å². The summed E-state index contributed by atoms with van der Waals surface area (Å²) in [6.45, 7) is 1.73. The molecule has 8 heteroatoms. The SMILES string of the molecule is O=C(c1cccnc1)N1CCC(c2ccc3c(NCc4ccccc4F)n[nH]c3n2)CC1. The van der Waals surface area contributed by atoms with E-state index in [0.717, 1.165) is 23.9 Å². The van der Waals surface area contributed by atoms with Gasteiger partial charge in [0.05, 0.1) is 10.9 Å². The predicted octanol–water partition coefficient (Wildman–Crippen LogP) is 4.12. The number of nitrogens with zero attached hydrogens (tertiary/aromatic N) is 4. The minimum atomic E-state index is -0.242. The number of likely N-dealkylation sites (tertiary alicyclic amines) is 1. The number of pyridine rings is 2. The number of anilines is 1. The first-order valence-electron chi connectivity index (χ1n) is 10.7. The van der Waals surface area contributed by atoms with Crippen molar-refractivity contribution in [3.63, 3.8) is 0 Å². The summed E-state index contributed by atoms with van der Waals surface area (Å²) < 4.78 is 13.9. The fourth-order valence-electron chi connectivity index (χ4n) is 4.15. The van der Waals surface area contributed by atoms with Gasteiger partial charge in [-0.1, -0.05) is 18.2 Å². The molecule has 32 heavy (non-hydrogen) atoms. The molecule has 4 aromatic rings. The maximum Gasteiger partial charge on any atom is 0.255 e. The molecule has 0 bridgehead atoms. The lowest BCUT2D eigenvalue weighted by Crippen LogP contribution is -2.38. The van der Waals surface area contributed by atoms with Gasteiger partial charge in [0.2, 0.25) is 0 Å². The molecule has 7 nitrogen and oxygen atoms in total. The van der Waals surface area contributed by atoms with Crippen molar-refractivity contribution in [3.05, 3.63) is 83.6 Å². The molecule has 0 aliphatic carbocycles. The third-order valence-electron chi connectivity index (χ3n) is 5.96. The first-order valence-corrected chi connectivity index (χ1v) is 10.7. The van der Waals surface area contributed by atoms with E-state index in [1.165, 1.54) is 6.07 Å². The number of nitrogens with one attached hydrogen (secondary N) is 2. The first kappa shape index (κ1) is 20.1. The number of H-pyrrole nitrogens is 1. The van der Waals surface area contributed by atoms with Crippen molar-refractivity contribution in [2.75, 3.05) is 18.4 Å². The quantitative estimate of drug-likeness (QED) is 0.497. The summed E-state index contributed by atoms with van der Waals surface area (Å²) in [5.41, 5.74) is 2.90. The molecule has 162 valence electrons. The number of aromatic nitrogens is 4. The highest BCUT2D eigenvalue weighted by Crippen LogP contribution is 2.30. The Balaban J connectivity index is 1.24. The molecule has 1 fully saturated rings. The third-order valence-corrected chi connectivity index (χ3v) is 5.96. The first-order chi connectivity index (χ1) is 15.7. The van der Waals surface area contributed by atoms with E-state index in [-0.39, 0.29) is 17.6 Å². The van der Waals surface area contributed by atoms with Gasteiger partial charge >= 0.3 is 0 Å². The summed E-state index contributed by atoms with van der Waals surface area (Å²) in [4.78, 5) is 23.3. The summed E-state index contributed by atoms with van der Waals surface area (Å²) in [5, 5.41) is 11.3. The molecule has 5 rings (SSSR count). The second-order valence-electron chi connectivity index (χ2n) is 7.96. The normalized spacial score (nSPS) is 14.6. The highest BCUT2D eigenvalue weighted by molar-refractivity contribution is 5.94. The molecule has 0 unspecified atom stereocenters. The molecule has 3 aromatic heterocycles. The molecule has 2 N–H and O–H groups in total. The van der Waals surface area contributed by atoms with E-state index in [0.29, 0.717) is 42.2 Å². The number of halogens is 1. The molecule has 0 radical (unpaired) electrons. The third kappa shape index (κ3) is 4.03. The Kier molecular flexibility index (Phi) is 5.49. The van der Waals surface area contributed by atoms with Gasteiger partial charge < -0.3 is 10.2 Å². The molecule has 0 atom stereocenters. The minimum Gasteiger partial charge on any atom is -0.364 e. The van der Waals surface area contributed by atoms with Gasteiger partial charge in [-0.05, 0) is 43.2 Å². The van der Waals surface area contributed by atoms with Crippen molar-refractivity contribution in [2.24, 2.45) is 0 Å². The Morgan fingerprint density at radius 3 is 2.75 bits per heavy atom. The number of fused-ring (bicyclic) bond motifs is 1. The van der Waals surface area contributed by atoms with Crippen LogP contribution in [0.25, 0.3) is 11.0 Å². The van der Waals surface area contributed by atoms with Crippen molar-refractivity contribution < 1.29 is 9.18 Å². The zero-order valence-corrected chi connectivity index (χ0v) is 17.5. The summed E-state index contributed by atoms with van der Waals surface area (Å²) in [5.74, 6) is 0.724. The van der Waals surface area contributed by atoms with Crippen LogP contribution in [0.2, 0.25) is 0 Å². The van der Waals surface area contributed by atoms with Gasteiger partial charge in [-0.2, -0.15) is 5.10 Å². The van der Waals surface area contributed by atoms with E-state index < -0.39 is 0 Å². The van der Waals surface area contributed by atoms with Crippen LogP contribution in [-0.2, 0) is 6.54 Å². The van der Waals surface area contributed by atoms with Crippen LogP contribution in [0.4, 0.5) is 10.2 Å². The van der Waals surface area contributed by atoms with Crippen molar-refractivity contribution in [1.82, 2.24) is 25.1 Å². The van der Waals surface area contributed by atoms with Gasteiger partial charge in [0.15, 0.2) is 11.5 Å². The number of rotatable bonds is 5. The Bertz CT molecular complexity index is 1230. The van der Waals surface area contributed by atoms with E-state index in [1.54, 1.807) is 36.7 Å². The number of benzene rings is 1. The number of hydrogen-bond acceptors (Lipinski definition) is 5. The monoisotopic (exact) mass is 430 g/mol. The summed E-state index contributed by atoms with van der Waals surface area (Å²) >= 11 is 0. The molecule has 1 aliphatic heterocycles. The molecule has 1 aromatic carbocycles. The lowest BCUT2D eigenvalue weighted by Gasteiger charge is -2.31. The fourth-order valence-corrected chi connectivity index (χ4v) is 4.15. The molecular formula is C24H23FN6O. The zero-order valence-electron chi connectivity index (χ0n) is 17.5. The average molecular weight is 430 g/mol. The van der Waals surface area contributed by atoms with Crippen molar-refractivity contribution in [3.8, 4) is 0 Å². The number of carbonyl (C=O) groups excluding carboxylic acids is 1. The smallest absolute Gasteiger partial charge is 0.255 e. The largest absolute Gasteiger partial charge is 0.364 e. The Labute approximate surface area is 184 Å². The van der Waals surface area contributed by atoms with E-state index >= 15 is 0 Å². The van der Waals surface area contributed by atoms with Crippen molar-refractivity contribution in [2.45, 2.75) is 25.3 Å². The maximum absolute atomic E-state index is 13.9. The topological polar surface area (TPSA) is 86.8 Å². The standard InChI is InChI=1S/C24H23FN6O/c25-20-6-2-1-4-17(20)15-27-22-19-7-8-21(28-23(19)30-29-22)16-9-12-31(13-10-16)24(32)18-5-3-11-26-14-18/h1-8,11,14,16H,9-10,12-13,15H2,(H2,27,28,29,30). The average Bonchev–Trinajstić information content (AvgIpc) is 3.26. The van der Waals surface area contributed by atoms with Crippen LogP contribution in [0.3, 0.4) is 0 Å². The number of amides is 1. The second kappa shape index (κ2) is 8.74. The van der Waals surface area contributed by atoms with E-state index in [2.05, 4.69) is 20.5 Å². The Morgan fingerprint density at radius 1 is 1.12 bits per heavy atom. The number of carbonyl (C=O) groups is 1. The highest BCUT2D eigenvalue weighted by atomic mass is 19.1. The van der Waals surface area contributed by atoms with Gasteiger partial charge in [0.1, 0.15) is 5.82 Å². The van der Waals surface area contributed by atoms with Crippen LogP contribution in [0.15, 0.2) is 60.9 Å². The number of hydrogen-bond donors (Lipinski definition) is 2. The second-order valence-corrected chi connectivity index (χ2v) is 7.96. The minimum absolute atomic E-state index is 0.0269. The van der Waals surface area contributed by atoms with Gasteiger partial charge in [0, 0.05) is 49.2 Å². The van der Waals surface area contributed by atoms with E-state index in [9.17, 15) is 9.18 Å². The molecule has 1 amide bonds. The zero-order chi connectivity index (χ0) is 21.9. The fraction of sp³-hybridized carbons (Fsp3) is 0.250. The lowest BCUT2D eigenvalue weighted by molar-refractivity contribution is 0.0711. The Hall–Kier alpha value is -3.81. The predicted molar refractivity (Wildman–Crippen MR) is 120 cm³/mol. The van der Waals surface area contributed by atoms with Crippen molar-refractivity contribution in [1.29, 1.82) is 0 Å². The van der Waals surface area contributed by atoms with E-state index in [4.69, 9.17) is 4.98 Å². The van der Waals surface area contributed by atoms with Crippen LogP contribution in [0, 0.1) is 5.82 Å². The summed E-state index contributed by atoms with van der Waals surface area (Å²) in [6.07, 6.45) is 5.00. The van der Waals surface area contributed by atoms with Crippen LogP contribution in [0.1, 0.15) is 40.4 Å². The van der Waals surface area contributed by atoms with E-state index in [1.807, 2.05) is 23.1 Å². The molecule has 0 spiro atoms. The lowest BCUT2D eigenvalue weighted by atomic mass is 9.92. The molecule has 0 saturated carbocycles. The Morgan fingerprint density at radius 2 is 1.97 bits per heavy atom. The van der Waals surface area contributed by atoms with Gasteiger partial charge in [-0.15, -0.1) is 0 Å². The molecule has 1 aliphatic rings. The summed E-state index contributed by atoms with van der Waals surface area (Å²) in [7, 11) is 0. The van der Waals surface area contributed by atoms with Crippen LogP contribution >= 0.6 is 0 Å². The highest BCUT2D eigenvalue weighted by Gasteiger charge is 2.26. The van der Waals surface area contributed by atoms with Crippen LogP contribution in [0.5, 0.6) is 0 Å². The van der Waals surface area contributed by atoms with Crippen LogP contribution in [-0.4, -0.2) is 44.1 Å². The van der Waals surface area contributed by atoms with Crippen molar-refractivity contribution >= 4 is 22.8 Å². The van der Waals surface area contributed by atoms with Gasteiger partial charge in [-0.3, -0.25) is 14.9 Å². The molecular weight excluding hydrogens is 407 g/mol. The maximum atomic E-state index is 13.9. The molecule has 4 heterocycles. The molecule has 1 saturated heterocycles.